The Kier molecular flexibility index (Phi) is 8.10. The zero-order valence-electron chi connectivity index (χ0n) is 32.0. The molecule has 0 unspecified atom stereocenters. The lowest BCUT2D eigenvalue weighted by Crippen LogP contribution is -2.23. The molecule has 0 radical (unpaired) electrons. The number of allylic oxidation sites excluding steroid dienone is 4. The molecule has 0 fully saturated rings. The third kappa shape index (κ3) is 5.30. The maximum Gasteiger partial charge on any atom is 0.0538 e. The fourth-order valence-electron chi connectivity index (χ4n) is 9.83. The Morgan fingerprint density at radius 1 is 0.527 bits per heavy atom. The van der Waals surface area contributed by atoms with Crippen LogP contribution in [0.4, 0.5) is 0 Å². The van der Waals surface area contributed by atoms with Gasteiger partial charge in [0.15, 0.2) is 0 Å². The largest absolute Gasteiger partial charge is 0.341 e. The van der Waals surface area contributed by atoms with Crippen molar-refractivity contribution in [2.45, 2.75) is 58.4 Å². The van der Waals surface area contributed by atoms with Gasteiger partial charge in [0.1, 0.15) is 0 Å². The minimum absolute atomic E-state index is 0.0109. The molecule has 55 heavy (non-hydrogen) atoms. The van der Waals surface area contributed by atoms with E-state index in [2.05, 4.69) is 194 Å². The quantitative estimate of drug-likeness (QED) is 0.139. The Morgan fingerprint density at radius 3 is 1.60 bits per heavy atom. The van der Waals surface area contributed by atoms with Crippen molar-refractivity contribution < 1.29 is 0 Å². The minimum atomic E-state index is -0.0109. The molecule has 0 atom stereocenters. The molecule has 2 aromatic heterocycles. The highest BCUT2D eigenvalue weighted by molar-refractivity contribution is 6.11. The summed E-state index contributed by atoms with van der Waals surface area (Å²) in [4.78, 5) is 0. The van der Waals surface area contributed by atoms with Gasteiger partial charge in [0, 0.05) is 50.2 Å². The van der Waals surface area contributed by atoms with Gasteiger partial charge in [0.05, 0.1) is 11.0 Å². The molecule has 10 rings (SSSR count). The number of aryl methyl sites for hydroxylation is 1. The van der Waals surface area contributed by atoms with E-state index in [4.69, 9.17) is 0 Å². The third-order valence-corrected chi connectivity index (χ3v) is 12.6. The van der Waals surface area contributed by atoms with E-state index >= 15 is 0 Å². The lowest BCUT2D eigenvalue weighted by atomic mass is 9.73. The first kappa shape index (κ1) is 33.4. The second kappa shape index (κ2) is 13.3. The van der Waals surface area contributed by atoms with Crippen LogP contribution in [0.25, 0.3) is 84.7 Å². The molecule has 0 N–H and O–H groups in total. The number of fused-ring (bicyclic) bond motifs is 9. The van der Waals surface area contributed by atoms with E-state index in [-0.39, 0.29) is 5.41 Å². The molecular weight excluding hydrogens is 665 g/mol. The summed E-state index contributed by atoms with van der Waals surface area (Å²) < 4.78 is 4.88. The molecule has 0 aliphatic heterocycles. The van der Waals surface area contributed by atoms with Gasteiger partial charge in [-0.05, 0) is 120 Å². The zero-order valence-corrected chi connectivity index (χ0v) is 32.0. The average Bonchev–Trinajstić information content (AvgIpc) is 3.85. The van der Waals surface area contributed by atoms with Crippen LogP contribution >= 0.6 is 0 Å². The molecule has 268 valence electrons. The molecule has 2 heteroatoms. The van der Waals surface area contributed by atoms with E-state index in [0.717, 1.165) is 32.2 Å². The Bertz CT molecular complexity index is 2930. The van der Waals surface area contributed by atoms with Crippen LogP contribution in [0.3, 0.4) is 0 Å². The second-order valence-corrected chi connectivity index (χ2v) is 15.4. The molecule has 0 spiro atoms. The number of benzene rings is 6. The number of aromatic nitrogens is 2. The highest BCUT2D eigenvalue weighted by atomic mass is 15.0. The number of hydrogen-bond acceptors (Lipinski definition) is 0. The molecule has 0 saturated carbocycles. The molecule has 2 nitrogen and oxygen atoms in total. The summed E-state index contributed by atoms with van der Waals surface area (Å²) in [6, 6.07) is 45.7. The van der Waals surface area contributed by atoms with Crippen LogP contribution in [-0.2, 0) is 12.0 Å². The molecule has 2 heterocycles. The van der Waals surface area contributed by atoms with Gasteiger partial charge in [-0.3, -0.25) is 0 Å². The Morgan fingerprint density at radius 2 is 1.02 bits per heavy atom. The number of rotatable bonds is 8. The van der Waals surface area contributed by atoms with Crippen molar-refractivity contribution in [3.05, 3.63) is 173 Å². The first-order valence-corrected chi connectivity index (χ1v) is 20.2. The normalized spacial score (nSPS) is 14.9. The molecule has 2 aliphatic carbocycles. The topological polar surface area (TPSA) is 9.86 Å². The Balaban J connectivity index is 0.964. The second-order valence-electron chi connectivity index (χ2n) is 15.4. The van der Waals surface area contributed by atoms with E-state index < -0.39 is 0 Å². The standard InChI is InChI=1S/C53H46N2/c1-4-53(5-2)47-34-38(22-20-36-26-30-50-45(32-36)43-16-10-12-18-49(43)54(50)6-3)24-28-41(47)42-29-25-39(35-48(42)53)23-21-37-27-31-52-46(33-37)44-17-11-13-19-51(44)55(52)40-14-8-7-9-15-40/h7-8,10-14,16-35H,4-6,9,15H2,1-3H3/b22-20+,23-21+. The summed E-state index contributed by atoms with van der Waals surface area (Å²) in [6.07, 6.45) is 20.2. The zero-order chi connectivity index (χ0) is 37.1. The van der Waals surface area contributed by atoms with Crippen molar-refractivity contribution in [2.75, 3.05) is 0 Å². The lowest BCUT2D eigenvalue weighted by Gasteiger charge is -2.30. The lowest BCUT2D eigenvalue weighted by molar-refractivity contribution is 0.490. The maximum atomic E-state index is 2.46. The van der Waals surface area contributed by atoms with Gasteiger partial charge in [0.2, 0.25) is 0 Å². The molecule has 0 bridgehead atoms. The van der Waals surface area contributed by atoms with E-state index in [9.17, 15) is 0 Å². The van der Waals surface area contributed by atoms with Gasteiger partial charge in [-0.1, -0.05) is 135 Å². The predicted molar refractivity (Wildman–Crippen MR) is 238 cm³/mol. The van der Waals surface area contributed by atoms with Crippen molar-refractivity contribution in [1.82, 2.24) is 9.13 Å². The number of para-hydroxylation sites is 2. The first-order chi connectivity index (χ1) is 27.1. The van der Waals surface area contributed by atoms with Crippen LogP contribution < -0.4 is 0 Å². The maximum absolute atomic E-state index is 2.46. The van der Waals surface area contributed by atoms with Crippen molar-refractivity contribution in [3.8, 4) is 11.1 Å². The van der Waals surface area contributed by atoms with Gasteiger partial charge in [-0.25, -0.2) is 0 Å². The van der Waals surface area contributed by atoms with Gasteiger partial charge in [-0.2, -0.15) is 0 Å². The van der Waals surface area contributed by atoms with Gasteiger partial charge in [0.25, 0.3) is 0 Å². The van der Waals surface area contributed by atoms with Crippen molar-refractivity contribution >= 4 is 73.6 Å². The fraction of sp³-hybridized carbons (Fsp3) is 0.170. The summed E-state index contributed by atoms with van der Waals surface area (Å²) >= 11 is 0. The summed E-state index contributed by atoms with van der Waals surface area (Å²) in [5.74, 6) is 0. The monoisotopic (exact) mass is 710 g/mol. The molecule has 8 aromatic rings. The van der Waals surface area contributed by atoms with E-state index in [1.807, 2.05) is 0 Å². The highest BCUT2D eigenvalue weighted by Gasteiger charge is 2.40. The van der Waals surface area contributed by atoms with E-state index in [0.29, 0.717) is 0 Å². The molecule has 0 amide bonds. The van der Waals surface area contributed by atoms with Gasteiger partial charge in [-0.15, -0.1) is 0 Å². The van der Waals surface area contributed by atoms with E-state index in [1.165, 1.54) is 93.8 Å². The average molecular weight is 711 g/mol. The minimum Gasteiger partial charge on any atom is -0.341 e. The molecule has 6 aromatic carbocycles. The van der Waals surface area contributed by atoms with Crippen LogP contribution in [0.2, 0.25) is 0 Å². The third-order valence-electron chi connectivity index (χ3n) is 12.6. The van der Waals surface area contributed by atoms with Crippen molar-refractivity contribution in [3.63, 3.8) is 0 Å². The highest BCUT2D eigenvalue weighted by Crippen LogP contribution is 2.53. The smallest absolute Gasteiger partial charge is 0.0538 e. The van der Waals surface area contributed by atoms with Gasteiger partial charge >= 0.3 is 0 Å². The van der Waals surface area contributed by atoms with Crippen LogP contribution in [0.15, 0.2) is 140 Å². The van der Waals surface area contributed by atoms with Crippen molar-refractivity contribution in [2.24, 2.45) is 0 Å². The fourth-order valence-corrected chi connectivity index (χ4v) is 9.83. The summed E-state index contributed by atoms with van der Waals surface area (Å²) in [5, 5.41) is 5.27. The summed E-state index contributed by atoms with van der Waals surface area (Å²) in [7, 11) is 0. The van der Waals surface area contributed by atoms with Crippen LogP contribution in [-0.4, -0.2) is 9.13 Å². The molecule has 0 saturated heterocycles. The number of nitrogens with zero attached hydrogens (tertiary/aromatic N) is 2. The molecule has 2 aliphatic rings. The summed E-state index contributed by atoms with van der Waals surface area (Å²) in [5.41, 5.74) is 17.2. The van der Waals surface area contributed by atoms with Crippen LogP contribution in [0.1, 0.15) is 79.8 Å². The Labute approximate surface area is 324 Å². The molecular formula is C53H46N2. The van der Waals surface area contributed by atoms with E-state index in [1.54, 1.807) is 0 Å². The van der Waals surface area contributed by atoms with Crippen LogP contribution in [0, 0.1) is 0 Å². The first-order valence-electron chi connectivity index (χ1n) is 20.2. The summed E-state index contributed by atoms with van der Waals surface area (Å²) in [6.45, 7) is 7.92. The SMILES string of the molecule is CCn1c2ccccc2c2cc(/C=C/c3ccc4c(c3)C(CC)(CC)c3cc(/C=C/c5ccc6c(c5)c5ccccc5n6C5=CC=CCC5)ccc3-4)ccc21. The number of hydrogen-bond donors (Lipinski definition) is 0. The van der Waals surface area contributed by atoms with Gasteiger partial charge < -0.3 is 9.13 Å². The van der Waals surface area contributed by atoms with Crippen molar-refractivity contribution in [1.29, 1.82) is 0 Å². The van der Waals surface area contributed by atoms with Crippen LogP contribution in [0.5, 0.6) is 0 Å². The Hall–Kier alpha value is -6.12. The predicted octanol–water partition coefficient (Wildman–Crippen LogP) is 14.5.